The van der Waals surface area contributed by atoms with E-state index in [4.69, 9.17) is 14.2 Å². The SMILES string of the molecule is CCOC(=O)Oc1ccccc1C(CC)C(=O)OCC. The highest BCUT2D eigenvalue weighted by Gasteiger charge is 2.24. The maximum atomic E-state index is 11.9. The summed E-state index contributed by atoms with van der Waals surface area (Å²) in [4.78, 5) is 23.4. The van der Waals surface area contributed by atoms with E-state index < -0.39 is 12.1 Å². The number of rotatable bonds is 6. The Labute approximate surface area is 118 Å². The van der Waals surface area contributed by atoms with E-state index in [-0.39, 0.29) is 12.6 Å². The molecule has 110 valence electrons. The van der Waals surface area contributed by atoms with Gasteiger partial charge in [-0.25, -0.2) is 4.79 Å². The number of hydrogen-bond donors (Lipinski definition) is 0. The molecule has 0 N–H and O–H groups in total. The van der Waals surface area contributed by atoms with Crippen LogP contribution in [-0.2, 0) is 14.3 Å². The van der Waals surface area contributed by atoms with Crippen molar-refractivity contribution in [1.82, 2.24) is 0 Å². The molecule has 0 aliphatic heterocycles. The largest absolute Gasteiger partial charge is 0.513 e. The first-order chi connectivity index (χ1) is 9.63. The Bertz CT molecular complexity index is 455. The molecule has 0 radical (unpaired) electrons. The van der Waals surface area contributed by atoms with Crippen molar-refractivity contribution in [2.24, 2.45) is 0 Å². The van der Waals surface area contributed by atoms with Crippen molar-refractivity contribution in [3.8, 4) is 5.75 Å². The topological polar surface area (TPSA) is 61.8 Å². The lowest BCUT2D eigenvalue weighted by molar-refractivity contribution is -0.145. The Morgan fingerprint density at radius 3 is 2.30 bits per heavy atom. The van der Waals surface area contributed by atoms with Crippen molar-refractivity contribution in [2.45, 2.75) is 33.1 Å². The Kier molecular flexibility index (Phi) is 6.56. The zero-order valence-electron chi connectivity index (χ0n) is 12.0. The van der Waals surface area contributed by atoms with Crippen LogP contribution in [0, 0.1) is 0 Å². The summed E-state index contributed by atoms with van der Waals surface area (Å²) in [7, 11) is 0. The van der Waals surface area contributed by atoms with E-state index in [1.807, 2.05) is 6.92 Å². The molecule has 1 rings (SSSR count). The molecule has 0 aliphatic carbocycles. The van der Waals surface area contributed by atoms with E-state index in [0.29, 0.717) is 24.3 Å². The second kappa shape index (κ2) is 8.19. The first-order valence-electron chi connectivity index (χ1n) is 6.74. The molecule has 5 nitrogen and oxygen atoms in total. The fourth-order valence-electron chi connectivity index (χ4n) is 1.85. The van der Waals surface area contributed by atoms with Gasteiger partial charge < -0.3 is 14.2 Å². The number of esters is 1. The highest BCUT2D eigenvalue weighted by atomic mass is 16.7. The molecule has 1 unspecified atom stereocenters. The van der Waals surface area contributed by atoms with Crippen LogP contribution in [0.1, 0.15) is 38.7 Å². The molecule has 0 fully saturated rings. The summed E-state index contributed by atoms with van der Waals surface area (Å²) in [6.45, 7) is 5.88. The van der Waals surface area contributed by atoms with Crippen LogP contribution in [0.25, 0.3) is 0 Å². The highest BCUT2D eigenvalue weighted by molar-refractivity contribution is 5.79. The van der Waals surface area contributed by atoms with Crippen molar-refractivity contribution in [1.29, 1.82) is 0 Å². The van der Waals surface area contributed by atoms with Gasteiger partial charge in [-0.1, -0.05) is 25.1 Å². The third-order valence-electron chi connectivity index (χ3n) is 2.73. The number of hydrogen-bond acceptors (Lipinski definition) is 5. The molecule has 20 heavy (non-hydrogen) atoms. The molecule has 0 aliphatic rings. The Morgan fingerprint density at radius 1 is 1.05 bits per heavy atom. The van der Waals surface area contributed by atoms with Gasteiger partial charge in [-0.3, -0.25) is 4.79 Å². The monoisotopic (exact) mass is 280 g/mol. The van der Waals surface area contributed by atoms with Crippen LogP contribution in [0.15, 0.2) is 24.3 Å². The van der Waals surface area contributed by atoms with Gasteiger partial charge >= 0.3 is 12.1 Å². The molecular formula is C15H20O5. The van der Waals surface area contributed by atoms with Gasteiger partial charge in [-0.2, -0.15) is 0 Å². The van der Waals surface area contributed by atoms with E-state index >= 15 is 0 Å². The van der Waals surface area contributed by atoms with E-state index in [0.717, 1.165) is 0 Å². The van der Waals surface area contributed by atoms with Gasteiger partial charge in [0.1, 0.15) is 5.75 Å². The first kappa shape index (κ1) is 16.0. The van der Waals surface area contributed by atoms with Gasteiger partial charge in [0.2, 0.25) is 0 Å². The van der Waals surface area contributed by atoms with E-state index in [1.165, 1.54) is 0 Å². The minimum Gasteiger partial charge on any atom is -0.466 e. The summed E-state index contributed by atoms with van der Waals surface area (Å²) in [6.07, 6.45) is -0.221. The van der Waals surface area contributed by atoms with Crippen LogP contribution in [-0.4, -0.2) is 25.3 Å². The second-order valence-electron chi connectivity index (χ2n) is 4.04. The van der Waals surface area contributed by atoms with Crippen molar-refractivity contribution in [3.63, 3.8) is 0 Å². The molecule has 0 bridgehead atoms. The van der Waals surface area contributed by atoms with Gasteiger partial charge in [0.15, 0.2) is 0 Å². The van der Waals surface area contributed by atoms with E-state index in [2.05, 4.69) is 0 Å². The lowest BCUT2D eigenvalue weighted by atomic mass is 9.96. The van der Waals surface area contributed by atoms with Gasteiger partial charge in [0.25, 0.3) is 0 Å². The number of carbonyl (C=O) groups is 2. The van der Waals surface area contributed by atoms with E-state index in [1.54, 1.807) is 38.1 Å². The molecule has 1 atom stereocenters. The van der Waals surface area contributed by atoms with Gasteiger partial charge in [-0.05, 0) is 26.3 Å². The van der Waals surface area contributed by atoms with Crippen LogP contribution >= 0.6 is 0 Å². The average Bonchev–Trinajstić information content (AvgIpc) is 2.42. The standard InChI is InChI=1S/C15H20O5/c1-4-11(14(16)18-5-2)12-9-7-8-10-13(12)20-15(17)19-6-3/h7-11H,4-6H2,1-3H3. The zero-order chi connectivity index (χ0) is 15.0. The highest BCUT2D eigenvalue weighted by Crippen LogP contribution is 2.30. The van der Waals surface area contributed by atoms with Gasteiger partial charge in [-0.15, -0.1) is 0 Å². The Balaban J connectivity index is 2.98. The lowest BCUT2D eigenvalue weighted by Gasteiger charge is -2.17. The fourth-order valence-corrected chi connectivity index (χ4v) is 1.85. The van der Waals surface area contributed by atoms with Crippen molar-refractivity contribution in [2.75, 3.05) is 13.2 Å². The van der Waals surface area contributed by atoms with Crippen molar-refractivity contribution in [3.05, 3.63) is 29.8 Å². The summed E-state index contributed by atoms with van der Waals surface area (Å²) in [5.74, 6) is -0.457. The maximum absolute atomic E-state index is 11.9. The lowest BCUT2D eigenvalue weighted by Crippen LogP contribution is -2.18. The van der Waals surface area contributed by atoms with Crippen molar-refractivity contribution >= 4 is 12.1 Å². The third kappa shape index (κ3) is 4.26. The quantitative estimate of drug-likeness (QED) is 0.591. The molecule has 0 saturated heterocycles. The summed E-state index contributed by atoms with van der Waals surface area (Å²) < 4.78 is 14.9. The fraction of sp³-hybridized carbons (Fsp3) is 0.467. The number of benzene rings is 1. The first-order valence-corrected chi connectivity index (χ1v) is 6.74. The zero-order valence-corrected chi connectivity index (χ0v) is 12.0. The van der Waals surface area contributed by atoms with Crippen LogP contribution in [0.4, 0.5) is 4.79 Å². The second-order valence-corrected chi connectivity index (χ2v) is 4.04. The molecular weight excluding hydrogens is 260 g/mol. The third-order valence-corrected chi connectivity index (χ3v) is 2.73. The summed E-state index contributed by atoms with van der Waals surface area (Å²) in [6, 6.07) is 6.90. The number of carbonyl (C=O) groups excluding carboxylic acids is 2. The number of para-hydroxylation sites is 1. The predicted octanol–water partition coefficient (Wildman–Crippen LogP) is 3.28. The molecule has 5 heteroatoms. The molecule has 0 amide bonds. The maximum Gasteiger partial charge on any atom is 0.513 e. The molecule has 0 saturated carbocycles. The summed E-state index contributed by atoms with van der Waals surface area (Å²) in [5.41, 5.74) is 0.626. The van der Waals surface area contributed by atoms with E-state index in [9.17, 15) is 9.59 Å². The van der Waals surface area contributed by atoms with Crippen LogP contribution < -0.4 is 4.74 Å². The van der Waals surface area contributed by atoms with Crippen molar-refractivity contribution < 1.29 is 23.8 Å². The van der Waals surface area contributed by atoms with Gasteiger partial charge in [0, 0.05) is 5.56 Å². The molecule has 1 aromatic carbocycles. The summed E-state index contributed by atoms with van der Waals surface area (Å²) >= 11 is 0. The average molecular weight is 280 g/mol. The molecule has 0 heterocycles. The number of ether oxygens (including phenoxy) is 3. The van der Waals surface area contributed by atoms with Gasteiger partial charge in [0.05, 0.1) is 19.1 Å². The minimum atomic E-state index is -0.779. The molecule has 1 aromatic rings. The van der Waals surface area contributed by atoms with Crippen LogP contribution in [0.5, 0.6) is 5.75 Å². The minimum absolute atomic E-state index is 0.232. The normalized spacial score (nSPS) is 11.6. The summed E-state index contributed by atoms with van der Waals surface area (Å²) in [5, 5.41) is 0. The molecule has 0 spiro atoms. The smallest absolute Gasteiger partial charge is 0.466 e. The Hall–Kier alpha value is -2.04. The molecule has 0 aromatic heterocycles. The van der Waals surface area contributed by atoms with Crippen LogP contribution in [0.3, 0.4) is 0 Å². The van der Waals surface area contributed by atoms with Crippen LogP contribution in [0.2, 0.25) is 0 Å². The Morgan fingerprint density at radius 2 is 1.70 bits per heavy atom. The predicted molar refractivity (Wildman–Crippen MR) is 73.8 cm³/mol.